The molecule has 1 aliphatic heterocycles. The van der Waals surface area contributed by atoms with Gasteiger partial charge in [-0.3, -0.25) is 9.20 Å². The molecule has 0 bridgehead atoms. The number of aromatic nitrogens is 4. The number of halogens is 3. The number of hydrogen-bond acceptors (Lipinski definition) is 6. The van der Waals surface area contributed by atoms with E-state index in [0.29, 0.717) is 34.2 Å². The lowest BCUT2D eigenvalue weighted by molar-refractivity contribution is 0.101. The van der Waals surface area contributed by atoms with Crippen LogP contribution in [0.25, 0.3) is 28.3 Å². The van der Waals surface area contributed by atoms with Crippen LogP contribution in [-0.2, 0) is 13.0 Å². The van der Waals surface area contributed by atoms with Crippen LogP contribution in [0.1, 0.15) is 21.5 Å². The van der Waals surface area contributed by atoms with Gasteiger partial charge in [-0.2, -0.15) is 0 Å². The summed E-state index contributed by atoms with van der Waals surface area (Å²) in [6.07, 6.45) is 4.63. The lowest BCUT2D eigenvalue weighted by Crippen LogP contribution is -2.26. The van der Waals surface area contributed by atoms with Gasteiger partial charge in [0, 0.05) is 42.4 Å². The largest absolute Gasteiger partial charge is 0.324 e. The molecule has 0 aliphatic carbocycles. The Balaban J connectivity index is 0.00000357. The Hall–Kier alpha value is -5.19. The number of likely N-dealkylation sites (N-methyl/N-ethyl adjacent to an activating group) is 1. The van der Waals surface area contributed by atoms with Gasteiger partial charge in [0.05, 0.1) is 17.1 Å². The minimum absolute atomic E-state index is 0. The number of carbonyl (C=O) groups is 1. The number of nitrogens with one attached hydrogen (secondary N) is 2. The Morgan fingerprint density at radius 1 is 0.867 bits per heavy atom. The predicted molar refractivity (Wildman–Crippen MR) is 173 cm³/mol. The van der Waals surface area contributed by atoms with Gasteiger partial charge in [0.2, 0.25) is 5.95 Å². The maximum Gasteiger partial charge on any atom is 0.261 e. The van der Waals surface area contributed by atoms with Gasteiger partial charge in [0.25, 0.3) is 5.91 Å². The highest BCUT2D eigenvalue weighted by Crippen LogP contribution is 2.34. The topological polar surface area (TPSA) is 87.5 Å². The number of amides is 1. The Bertz CT molecular complexity index is 2030. The first-order chi connectivity index (χ1) is 21.4. The molecule has 226 valence electrons. The third kappa shape index (κ3) is 5.98. The minimum atomic E-state index is -0.933. The number of carbonyl (C=O) groups excluding carboxylic acids is 1. The zero-order chi connectivity index (χ0) is 30.2. The molecule has 3 aromatic heterocycles. The van der Waals surface area contributed by atoms with Crippen LogP contribution >= 0.6 is 12.4 Å². The summed E-state index contributed by atoms with van der Waals surface area (Å²) in [5.74, 6) is -2.31. The van der Waals surface area contributed by atoms with Crippen molar-refractivity contribution in [2.45, 2.75) is 13.0 Å². The maximum atomic E-state index is 14.2. The van der Waals surface area contributed by atoms with Crippen molar-refractivity contribution < 1.29 is 13.6 Å². The zero-order valence-electron chi connectivity index (χ0n) is 24.2. The Morgan fingerprint density at radius 2 is 1.69 bits per heavy atom. The molecular weight excluding hydrogens is 596 g/mol. The van der Waals surface area contributed by atoms with Gasteiger partial charge in [-0.15, -0.1) is 12.4 Å². The average Bonchev–Trinajstić information content (AvgIpc) is 3.41. The van der Waals surface area contributed by atoms with Crippen LogP contribution < -0.4 is 10.6 Å². The molecule has 0 atom stereocenters. The van der Waals surface area contributed by atoms with Crippen molar-refractivity contribution in [3.05, 3.63) is 126 Å². The monoisotopic (exact) mass is 623 g/mol. The molecule has 3 aromatic carbocycles. The second-order valence-corrected chi connectivity index (χ2v) is 10.7. The highest BCUT2D eigenvalue weighted by Gasteiger charge is 2.20. The smallest absolute Gasteiger partial charge is 0.261 e. The average molecular weight is 624 g/mol. The normalized spacial score (nSPS) is 12.8. The fourth-order valence-corrected chi connectivity index (χ4v) is 5.55. The van der Waals surface area contributed by atoms with E-state index < -0.39 is 23.1 Å². The van der Waals surface area contributed by atoms with E-state index in [9.17, 15) is 13.6 Å². The summed E-state index contributed by atoms with van der Waals surface area (Å²) in [6, 6.07) is 24.2. The highest BCUT2D eigenvalue weighted by molar-refractivity contribution is 6.05. The van der Waals surface area contributed by atoms with Crippen LogP contribution in [0, 0.1) is 11.6 Å². The second-order valence-electron chi connectivity index (χ2n) is 10.7. The molecule has 0 unspecified atom stereocenters. The van der Waals surface area contributed by atoms with Crippen molar-refractivity contribution in [1.82, 2.24) is 24.3 Å². The summed E-state index contributed by atoms with van der Waals surface area (Å²) < 4.78 is 30.4. The van der Waals surface area contributed by atoms with E-state index in [1.807, 2.05) is 47.0 Å². The fourth-order valence-electron chi connectivity index (χ4n) is 5.55. The molecule has 8 nitrogen and oxygen atoms in total. The van der Waals surface area contributed by atoms with Crippen molar-refractivity contribution in [3.8, 4) is 22.6 Å². The molecule has 1 amide bonds. The summed E-state index contributed by atoms with van der Waals surface area (Å²) in [7, 11) is 2.12. The maximum absolute atomic E-state index is 14.2. The molecule has 0 saturated heterocycles. The molecule has 1 aliphatic rings. The molecule has 0 spiro atoms. The molecule has 0 radical (unpaired) electrons. The van der Waals surface area contributed by atoms with Crippen LogP contribution in [0.4, 0.5) is 26.1 Å². The number of pyridine rings is 1. The summed E-state index contributed by atoms with van der Waals surface area (Å²) in [5.41, 5.74) is 6.63. The predicted octanol–water partition coefficient (Wildman–Crippen LogP) is 7.14. The quantitative estimate of drug-likeness (QED) is 0.205. The first kappa shape index (κ1) is 29.9. The van der Waals surface area contributed by atoms with Gasteiger partial charge in [0.1, 0.15) is 22.8 Å². The van der Waals surface area contributed by atoms with Crippen molar-refractivity contribution in [1.29, 1.82) is 0 Å². The molecule has 4 heterocycles. The molecule has 0 saturated carbocycles. The SMILES string of the molecule is CN1CCc2ccc(Nc3nccc(-c4c(-c5cccc(NC(=O)c6c(F)cccc6F)c5)nc5ccccn45)n3)cc2C1.Cl. The summed E-state index contributed by atoms with van der Waals surface area (Å²) in [5, 5.41) is 5.97. The lowest BCUT2D eigenvalue weighted by atomic mass is 9.99. The van der Waals surface area contributed by atoms with Gasteiger partial charge in [0.15, 0.2) is 0 Å². The number of rotatable bonds is 6. The van der Waals surface area contributed by atoms with E-state index in [1.165, 1.54) is 17.2 Å². The van der Waals surface area contributed by atoms with E-state index in [0.717, 1.165) is 43.0 Å². The number of benzene rings is 3. The van der Waals surface area contributed by atoms with Gasteiger partial charge in [-0.25, -0.2) is 23.7 Å². The van der Waals surface area contributed by atoms with E-state index >= 15 is 0 Å². The molecule has 11 heteroatoms. The number of fused-ring (bicyclic) bond motifs is 2. The van der Waals surface area contributed by atoms with Crippen LogP contribution in [0.5, 0.6) is 0 Å². The van der Waals surface area contributed by atoms with E-state index in [2.05, 4.69) is 39.7 Å². The van der Waals surface area contributed by atoms with Gasteiger partial charge < -0.3 is 15.5 Å². The Labute approximate surface area is 264 Å². The van der Waals surface area contributed by atoms with Crippen LogP contribution in [0.2, 0.25) is 0 Å². The van der Waals surface area contributed by atoms with Gasteiger partial charge in [-0.1, -0.05) is 30.3 Å². The second kappa shape index (κ2) is 12.4. The Morgan fingerprint density at radius 3 is 2.53 bits per heavy atom. The van der Waals surface area contributed by atoms with Crippen molar-refractivity contribution in [2.24, 2.45) is 0 Å². The fraction of sp³-hybridized carbons (Fsp3) is 0.118. The van der Waals surface area contributed by atoms with E-state index in [4.69, 9.17) is 9.97 Å². The van der Waals surface area contributed by atoms with Crippen molar-refractivity contribution in [2.75, 3.05) is 24.2 Å². The first-order valence-electron chi connectivity index (χ1n) is 14.2. The molecule has 7 rings (SSSR count). The third-order valence-corrected chi connectivity index (χ3v) is 7.68. The molecular formula is C34H28ClF2N7O. The third-order valence-electron chi connectivity index (χ3n) is 7.68. The van der Waals surface area contributed by atoms with Crippen LogP contribution in [0.3, 0.4) is 0 Å². The van der Waals surface area contributed by atoms with Crippen LogP contribution in [0.15, 0.2) is 97.3 Å². The Kier molecular flexibility index (Phi) is 8.25. The number of hydrogen-bond donors (Lipinski definition) is 2. The number of anilines is 3. The van der Waals surface area contributed by atoms with E-state index in [-0.39, 0.29) is 12.4 Å². The van der Waals surface area contributed by atoms with Crippen molar-refractivity contribution in [3.63, 3.8) is 0 Å². The minimum Gasteiger partial charge on any atom is -0.324 e. The van der Waals surface area contributed by atoms with Crippen LogP contribution in [-0.4, -0.2) is 43.8 Å². The standard InChI is InChI=1S/C34H27F2N7O.ClH/c1-42-17-14-21-11-12-25(19-23(21)20-42)39-34-37-15-13-28(40-34)32-31(41-29-10-2-3-16-43(29)32)22-6-4-7-24(18-22)38-33(44)30-26(35)8-5-9-27(30)36;/h2-13,15-16,18-19H,14,17,20H2,1H3,(H,38,44)(H,37,39,40);1H. The zero-order valence-corrected chi connectivity index (χ0v) is 25.0. The van der Waals surface area contributed by atoms with Gasteiger partial charge in [-0.05, 0) is 79.2 Å². The van der Waals surface area contributed by atoms with E-state index in [1.54, 1.807) is 24.4 Å². The molecule has 2 N–H and O–H groups in total. The summed E-state index contributed by atoms with van der Waals surface area (Å²) in [6.45, 7) is 1.94. The molecule has 0 fully saturated rings. The van der Waals surface area contributed by atoms with Gasteiger partial charge >= 0.3 is 0 Å². The summed E-state index contributed by atoms with van der Waals surface area (Å²) in [4.78, 5) is 29.3. The first-order valence-corrected chi connectivity index (χ1v) is 14.2. The highest BCUT2D eigenvalue weighted by atomic mass is 35.5. The summed E-state index contributed by atoms with van der Waals surface area (Å²) >= 11 is 0. The molecule has 45 heavy (non-hydrogen) atoms. The number of nitrogens with zero attached hydrogens (tertiary/aromatic N) is 5. The number of imidazole rings is 1. The van der Waals surface area contributed by atoms with Crippen molar-refractivity contribution >= 4 is 41.3 Å². The lowest BCUT2D eigenvalue weighted by Gasteiger charge is -2.25. The molecule has 6 aromatic rings.